The molecule has 4 aromatic rings. The first kappa shape index (κ1) is 24.1. The summed E-state index contributed by atoms with van der Waals surface area (Å²) >= 11 is 0. The van der Waals surface area contributed by atoms with Crippen molar-refractivity contribution >= 4 is 22.7 Å². The molecule has 0 saturated heterocycles. The first-order valence-electron chi connectivity index (χ1n) is 11.8. The molecular weight excluding hydrogens is 400 g/mol. The summed E-state index contributed by atoms with van der Waals surface area (Å²) in [6.07, 6.45) is 2.43. The second-order valence-electron chi connectivity index (χ2n) is 8.31. The van der Waals surface area contributed by atoms with Gasteiger partial charge in [0, 0.05) is 36.3 Å². The van der Waals surface area contributed by atoms with E-state index in [-0.39, 0.29) is 0 Å². The van der Waals surface area contributed by atoms with Gasteiger partial charge in [-0.1, -0.05) is 86.1 Å². The molecule has 170 valence electrons. The minimum absolute atomic E-state index is 1.07. The van der Waals surface area contributed by atoms with Crippen LogP contribution in [-0.2, 0) is 0 Å². The largest absolute Gasteiger partial charge is 0.344 e. The SMILES string of the molecule is CCCCN(c1ccccc1)c1ccccc1.Cc1ccccc1N(C)c1ccccc1C. The van der Waals surface area contributed by atoms with Crippen molar-refractivity contribution in [2.24, 2.45) is 0 Å². The summed E-state index contributed by atoms with van der Waals surface area (Å²) in [4.78, 5) is 4.62. The van der Waals surface area contributed by atoms with Gasteiger partial charge < -0.3 is 9.80 Å². The molecule has 0 amide bonds. The molecule has 0 bridgehead atoms. The monoisotopic (exact) mass is 436 g/mol. The zero-order valence-electron chi connectivity index (χ0n) is 20.4. The van der Waals surface area contributed by atoms with Gasteiger partial charge in [-0.15, -0.1) is 0 Å². The van der Waals surface area contributed by atoms with E-state index in [1.165, 1.54) is 46.7 Å². The number of nitrogens with zero attached hydrogens (tertiary/aromatic N) is 2. The number of benzene rings is 4. The first-order valence-corrected chi connectivity index (χ1v) is 11.8. The number of aryl methyl sites for hydroxylation is 2. The smallest absolute Gasteiger partial charge is 0.0437 e. The fourth-order valence-electron chi connectivity index (χ4n) is 3.95. The van der Waals surface area contributed by atoms with Gasteiger partial charge in [0.15, 0.2) is 0 Å². The maximum absolute atomic E-state index is 2.38. The number of hydrogen-bond donors (Lipinski definition) is 0. The molecule has 0 unspecified atom stereocenters. The van der Waals surface area contributed by atoms with E-state index in [1.807, 2.05) is 0 Å². The van der Waals surface area contributed by atoms with Gasteiger partial charge in [-0.3, -0.25) is 0 Å². The van der Waals surface area contributed by atoms with Crippen LogP contribution in [0.4, 0.5) is 22.7 Å². The van der Waals surface area contributed by atoms with Crippen molar-refractivity contribution < 1.29 is 0 Å². The molecule has 0 aliphatic carbocycles. The van der Waals surface area contributed by atoms with Crippen LogP contribution in [0.1, 0.15) is 30.9 Å². The lowest BCUT2D eigenvalue weighted by molar-refractivity contribution is 0.786. The third-order valence-electron chi connectivity index (χ3n) is 5.82. The van der Waals surface area contributed by atoms with Gasteiger partial charge in [-0.05, 0) is 67.8 Å². The number of anilines is 4. The molecule has 0 spiro atoms. The predicted molar refractivity (Wildman–Crippen MR) is 145 cm³/mol. The quantitative estimate of drug-likeness (QED) is 0.286. The zero-order chi connectivity index (χ0) is 23.5. The van der Waals surface area contributed by atoms with E-state index >= 15 is 0 Å². The van der Waals surface area contributed by atoms with Crippen LogP contribution in [-0.4, -0.2) is 13.6 Å². The summed E-state index contributed by atoms with van der Waals surface area (Å²) in [5.74, 6) is 0. The number of rotatable bonds is 7. The lowest BCUT2D eigenvalue weighted by Crippen LogP contribution is -2.17. The predicted octanol–water partition coefficient (Wildman–Crippen LogP) is 8.70. The molecule has 0 heterocycles. The van der Waals surface area contributed by atoms with Crippen molar-refractivity contribution in [3.63, 3.8) is 0 Å². The second kappa shape index (κ2) is 12.5. The molecule has 0 N–H and O–H groups in total. The second-order valence-corrected chi connectivity index (χ2v) is 8.31. The minimum atomic E-state index is 1.07. The summed E-state index contributed by atoms with van der Waals surface area (Å²) in [6, 6.07) is 38.1. The van der Waals surface area contributed by atoms with Crippen LogP contribution in [0, 0.1) is 13.8 Å². The summed E-state index contributed by atoms with van der Waals surface area (Å²) < 4.78 is 0. The normalized spacial score (nSPS) is 10.2. The Hall–Kier alpha value is -3.52. The highest BCUT2D eigenvalue weighted by Crippen LogP contribution is 2.28. The van der Waals surface area contributed by atoms with Crippen LogP contribution in [0.2, 0.25) is 0 Å². The average Bonchev–Trinajstić information content (AvgIpc) is 2.86. The molecule has 4 rings (SSSR count). The molecule has 0 aliphatic heterocycles. The Labute approximate surface area is 200 Å². The van der Waals surface area contributed by atoms with Crippen LogP contribution in [0.3, 0.4) is 0 Å². The zero-order valence-corrected chi connectivity index (χ0v) is 20.4. The highest BCUT2D eigenvalue weighted by molar-refractivity contribution is 5.68. The van der Waals surface area contributed by atoms with Crippen molar-refractivity contribution in [3.8, 4) is 0 Å². The molecular formula is C31H36N2. The van der Waals surface area contributed by atoms with Crippen molar-refractivity contribution in [2.75, 3.05) is 23.4 Å². The van der Waals surface area contributed by atoms with E-state index in [0.29, 0.717) is 0 Å². The van der Waals surface area contributed by atoms with Crippen LogP contribution in [0.5, 0.6) is 0 Å². The van der Waals surface area contributed by atoms with Gasteiger partial charge >= 0.3 is 0 Å². The van der Waals surface area contributed by atoms with Crippen LogP contribution >= 0.6 is 0 Å². The van der Waals surface area contributed by atoms with Crippen molar-refractivity contribution in [1.29, 1.82) is 0 Å². The molecule has 0 aliphatic rings. The highest BCUT2D eigenvalue weighted by Gasteiger charge is 2.08. The third kappa shape index (κ3) is 6.73. The molecule has 4 aromatic carbocycles. The summed E-state index contributed by atoms with van der Waals surface area (Å²) in [5.41, 5.74) is 7.66. The molecule has 2 nitrogen and oxygen atoms in total. The van der Waals surface area contributed by atoms with Gasteiger partial charge in [0.2, 0.25) is 0 Å². The van der Waals surface area contributed by atoms with E-state index in [4.69, 9.17) is 0 Å². The maximum Gasteiger partial charge on any atom is 0.0437 e. The molecule has 0 aromatic heterocycles. The van der Waals surface area contributed by atoms with Gasteiger partial charge in [0.05, 0.1) is 0 Å². The standard InChI is InChI=1S/C16H19N.C15H17N/c1-2-3-14-17(15-10-6-4-7-11-15)16-12-8-5-9-13-16;1-12-8-4-6-10-14(12)16(3)15-11-7-5-9-13(15)2/h4-13H,2-3,14H2,1H3;4-11H,1-3H3. The third-order valence-corrected chi connectivity index (χ3v) is 5.82. The number of unbranched alkanes of at least 4 members (excludes halogenated alkanes) is 1. The summed E-state index contributed by atoms with van der Waals surface area (Å²) in [5, 5.41) is 0. The fourth-order valence-corrected chi connectivity index (χ4v) is 3.95. The highest BCUT2D eigenvalue weighted by atomic mass is 15.1. The fraction of sp³-hybridized carbons (Fsp3) is 0.226. The Morgan fingerprint density at radius 2 is 0.939 bits per heavy atom. The lowest BCUT2D eigenvalue weighted by Gasteiger charge is -2.24. The van der Waals surface area contributed by atoms with Crippen molar-refractivity contribution in [1.82, 2.24) is 0 Å². The van der Waals surface area contributed by atoms with Gasteiger partial charge in [0.1, 0.15) is 0 Å². The Kier molecular flexibility index (Phi) is 9.14. The van der Waals surface area contributed by atoms with Gasteiger partial charge in [-0.25, -0.2) is 0 Å². The van der Waals surface area contributed by atoms with E-state index in [1.54, 1.807) is 0 Å². The molecule has 0 saturated carbocycles. The van der Waals surface area contributed by atoms with Gasteiger partial charge in [-0.2, -0.15) is 0 Å². The van der Waals surface area contributed by atoms with Crippen LogP contribution in [0.15, 0.2) is 109 Å². The molecule has 0 radical (unpaired) electrons. The molecule has 33 heavy (non-hydrogen) atoms. The number of hydrogen-bond acceptors (Lipinski definition) is 2. The average molecular weight is 437 g/mol. The van der Waals surface area contributed by atoms with Gasteiger partial charge in [0.25, 0.3) is 0 Å². The summed E-state index contributed by atoms with van der Waals surface area (Å²) in [6.45, 7) is 7.59. The Balaban J connectivity index is 0.000000186. The van der Waals surface area contributed by atoms with Crippen molar-refractivity contribution in [2.45, 2.75) is 33.6 Å². The Morgan fingerprint density at radius 3 is 1.33 bits per heavy atom. The van der Waals surface area contributed by atoms with E-state index in [0.717, 1.165) is 6.54 Å². The van der Waals surface area contributed by atoms with E-state index in [2.05, 4.69) is 147 Å². The van der Waals surface area contributed by atoms with Crippen LogP contribution in [0.25, 0.3) is 0 Å². The molecule has 0 fully saturated rings. The first-order chi connectivity index (χ1) is 16.1. The topological polar surface area (TPSA) is 6.48 Å². The Bertz CT molecular complexity index is 1000. The van der Waals surface area contributed by atoms with Crippen LogP contribution < -0.4 is 9.80 Å². The molecule has 0 atom stereocenters. The minimum Gasteiger partial charge on any atom is -0.344 e. The Morgan fingerprint density at radius 1 is 0.545 bits per heavy atom. The molecule has 2 heteroatoms. The summed E-state index contributed by atoms with van der Waals surface area (Å²) in [7, 11) is 2.12. The maximum atomic E-state index is 2.38. The number of para-hydroxylation sites is 4. The van der Waals surface area contributed by atoms with E-state index < -0.39 is 0 Å². The lowest BCUT2D eigenvalue weighted by atomic mass is 10.1. The van der Waals surface area contributed by atoms with Crippen molar-refractivity contribution in [3.05, 3.63) is 120 Å². The van der Waals surface area contributed by atoms with E-state index in [9.17, 15) is 0 Å².